The van der Waals surface area contributed by atoms with E-state index < -0.39 is 12.3 Å². The molecule has 0 fully saturated rings. The molecule has 4 radical (unpaired) electrons. The van der Waals surface area contributed by atoms with Gasteiger partial charge in [-0.15, -0.1) is 0 Å². The van der Waals surface area contributed by atoms with Crippen molar-refractivity contribution in [3.8, 4) is 0 Å². The number of hydrogen-bond donors (Lipinski definition) is 1. The van der Waals surface area contributed by atoms with Crippen molar-refractivity contribution in [2.75, 3.05) is 0 Å². The van der Waals surface area contributed by atoms with Crippen molar-refractivity contribution in [3.63, 3.8) is 0 Å². The summed E-state index contributed by atoms with van der Waals surface area (Å²) < 4.78 is 12.9. The second-order valence-electron chi connectivity index (χ2n) is 3.53. The van der Waals surface area contributed by atoms with Crippen molar-refractivity contribution >= 4 is 27.3 Å². The number of alkyl halides is 1. The van der Waals surface area contributed by atoms with E-state index in [1.165, 1.54) is 12.8 Å². The van der Waals surface area contributed by atoms with Gasteiger partial charge in [0, 0.05) is 33.7 Å². The van der Waals surface area contributed by atoms with Crippen LogP contribution in [0.4, 0.5) is 4.39 Å². The van der Waals surface area contributed by atoms with Crippen LogP contribution in [0.25, 0.3) is 0 Å². The van der Waals surface area contributed by atoms with Gasteiger partial charge in [0.2, 0.25) is 0 Å². The molecule has 0 rings (SSSR count). The van der Waals surface area contributed by atoms with Crippen LogP contribution in [-0.2, 0) is 0 Å². The summed E-state index contributed by atoms with van der Waals surface area (Å²) in [6.07, 6.45) is 4.08. The Hall–Kier alpha value is 0.812. The summed E-state index contributed by atoms with van der Waals surface area (Å²) in [6, 6.07) is 0. The van der Waals surface area contributed by atoms with Crippen LogP contribution in [-0.4, -0.2) is 44.7 Å². The van der Waals surface area contributed by atoms with Gasteiger partial charge in [-0.25, -0.2) is 4.39 Å². The van der Waals surface area contributed by atoms with Crippen LogP contribution in [0.15, 0.2) is 0 Å². The van der Waals surface area contributed by atoms with E-state index in [9.17, 15) is 4.39 Å². The quantitative estimate of drug-likeness (QED) is 0.529. The maximum atomic E-state index is 12.9. The third-order valence-electron chi connectivity index (χ3n) is 1.97. The summed E-state index contributed by atoms with van der Waals surface area (Å²) in [5.41, 5.74) is 0. The number of halogens is 1. The topological polar surface area (TPSA) is 20.2 Å². The Morgan fingerprint density at radius 3 is 2.31 bits per heavy atom. The van der Waals surface area contributed by atoms with Crippen LogP contribution in [0.5, 0.6) is 0 Å². The van der Waals surface area contributed by atoms with Crippen LogP contribution in [0, 0.1) is 0 Å². The Kier molecular flexibility index (Phi) is 13.6. The molecule has 2 atom stereocenters. The molecule has 0 heterocycles. The van der Waals surface area contributed by atoms with Crippen LogP contribution in [0.3, 0.4) is 0 Å². The monoisotopic (exact) mass is 384 g/mol. The molecule has 0 amide bonds. The van der Waals surface area contributed by atoms with Crippen molar-refractivity contribution in [1.82, 2.24) is 0 Å². The van der Waals surface area contributed by atoms with Crippen LogP contribution in [0.2, 0.25) is 0 Å². The van der Waals surface area contributed by atoms with Gasteiger partial charge in [-0.1, -0.05) is 32.6 Å². The van der Waals surface area contributed by atoms with E-state index in [0.717, 1.165) is 12.8 Å². The molecular formula is C10H21FOPb. The molecule has 0 aromatic carbocycles. The molecule has 1 N–H and O–H groups in total. The molecule has 0 saturated heterocycles. The summed E-state index contributed by atoms with van der Waals surface area (Å²) in [7, 11) is 0. The van der Waals surface area contributed by atoms with Gasteiger partial charge in [-0.2, -0.15) is 0 Å². The largest absolute Gasteiger partial charge is 0.393 e. The van der Waals surface area contributed by atoms with Crippen molar-refractivity contribution in [3.05, 3.63) is 0 Å². The fraction of sp³-hybridized carbons (Fsp3) is 1.00. The van der Waals surface area contributed by atoms with Gasteiger partial charge in [0.1, 0.15) is 6.17 Å². The van der Waals surface area contributed by atoms with Gasteiger partial charge < -0.3 is 5.11 Å². The number of aliphatic hydroxyl groups is 1. The number of hydrogen-bond acceptors (Lipinski definition) is 1. The van der Waals surface area contributed by atoms with E-state index in [0.29, 0.717) is 12.8 Å². The van der Waals surface area contributed by atoms with E-state index in [2.05, 4.69) is 6.92 Å². The predicted molar refractivity (Wildman–Crippen MR) is 55.7 cm³/mol. The fourth-order valence-corrected chi connectivity index (χ4v) is 1.28. The average Bonchev–Trinajstić information content (AvgIpc) is 1.97. The van der Waals surface area contributed by atoms with Crippen molar-refractivity contribution < 1.29 is 9.50 Å². The summed E-state index contributed by atoms with van der Waals surface area (Å²) in [4.78, 5) is 0. The van der Waals surface area contributed by atoms with Gasteiger partial charge >= 0.3 is 0 Å². The normalized spacial score (nSPS) is 14.8. The molecule has 3 heteroatoms. The standard InChI is InChI=1S/C10H21FO.Pb/c1-3-4-5-6-7-10(11)8-9(2)12;/h9-10,12H,3-8H2,1-2H3;. The minimum atomic E-state index is -0.804. The molecule has 0 bridgehead atoms. The molecule has 0 saturated carbocycles. The second kappa shape index (κ2) is 10.9. The molecule has 13 heavy (non-hydrogen) atoms. The first-order valence-electron chi connectivity index (χ1n) is 4.99. The smallest absolute Gasteiger partial charge is 0.103 e. The molecule has 0 aliphatic heterocycles. The first-order chi connectivity index (χ1) is 5.66. The Labute approximate surface area is 101 Å². The molecule has 0 aromatic rings. The molecular weight excluding hydrogens is 362 g/mol. The minimum Gasteiger partial charge on any atom is -0.393 e. The van der Waals surface area contributed by atoms with Gasteiger partial charge in [-0.05, 0) is 13.3 Å². The fourth-order valence-electron chi connectivity index (χ4n) is 1.28. The van der Waals surface area contributed by atoms with Crippen LogP contribution >= 0.6 is 0 Å². The first kappa shape index (κ1) is 16.2. The Bertz CT molecular complexity index is 98.9. The van der Waals surface area contributed by atoms with E-state index in [1.807, 2.05) is 0 Å². The zero-order chi connectivity index (χ0) is 9.40. The van der Waals surface area contributed by atoms with Gasteiger partial charge in [0.05, 0.1) is 6.10 Å². The van der Waals surface area contributed by atoms with Crippen molar-refractivity contribution in [2.24, 2.45) is 0 Å². The number of aliphatic hydroxyl groups excluding tert-OH is 1. The van der Waals surface area contributed by atoms with Crippen LogP contribution < -0.4 is 0 Å². The Morgan fingerprint density at radius 2 is 1.85 bits per heavy atom. The number of unbranched alkanes of at least 4 members (excludes halogenated alkanes) is 3. The van der Waals surface area contributed by atoms with Crippen molar-refractivity contribution in [1.29, 1.82) is 0 Å². The molecule has 78 valence electrons. The van der Waals surface area contributed by atoms with Gasteiger partial charge in [-0.3, -0.25) is 0 Å². The molecule has 2 unspecified atom stereocenters. The van der Waals surface area contributed by atoms with E-state index in [1.54, 1.807) is 6.92 Å². The number of rotatable bonds is 7. The summed E-state index contributed by atoms with van der Waals surface area (Å²) >= 11 is 0. The second-order valence-corrected chi connectivity index (χ2v) is 3.53. The Balaban J connectivity index is 0. The molecule has 0 aromatic heterocycles. The third kappa shape index (κ3) is 12.8. The van der Waals surface area contributed by atoms with E-state index >= 15 is 0 Å². The maximum absolute atomic E-state index is 12.9. The maximum Gasteiger partial charge on any atom is 0.103 e. The predicted octanol–water partition coefficient (Wildman–Crippen LogP) is 2.69. The molecule has 0 spiro atoms. The zero-order valence-electron chi connectivity index (χ0n) is 8.72. The summed E-state index contributed by atoms with van der Waals surface area (Å²) in [6.45, 7) is 3.78. The zero-order valence-corrected chi connectivity index (χ0v) is 12.6. The van der Waals surface area contributed by atoms with E-state index in [4.69, 9.17) is 5.11 Å². The third-order valence-corrected chi connectivity index (χ3v) is 1.97. The SMILES string of the molecule is CCCCCCC(F)CC(C)O.[Pb]. The molecule has 1 nitrogen and oxygen atoms in total. The van der Waals surface area contributed by atoms with Gasteiger partial charge in [0.15, 0.2) is 0 Å². The van der Waals surface area contributed by atoms with E-state index in [-0.39, 0.29) is 27.3 Å². The van der Waals surface area contributed by atoms with Crippen LogP contribution in [0.1, 0.15) is 52.4 Å². The summed E-state index contributed by atoms with van der Waals surface area (Å²) in [5.74, 6) is 0. The van der Waals surface area contributed by atoms with Gasteiger partial charge in [0.25, 0.3) is 0 Å². The Morgan fingerprint density at radius 1 is 1.23 bits per heavy atom. The molecule has 0 aliphatic carbocycles. The molecule has 0 aliphatic rings. The first-order valence-corrected chi connectivity index (χ1v) is 4.99. The minimum absolute atomic E-state index is 0. The summed E-state index contributed by atoms with van der Waals surface area (Å²) in [5, 5.41) is 8.89. The van der Waals surface area contributed by atoms with Crippen molar-refractivity contribution in [2.45, 2.75) is 64.6 Å². The average molecular weight is 383 g/mol.